The van der Waals surface area contributed by atoms with E-state index in [9.17, 15) is 4.79 Å². The van der Waals surface area contributed by atoms with E-state index in [0.29, 0.717) is 6.61 Å². The zero-order valence-electron chi connectivity index (χ0n) is 14.8. The molecule has 2 atom stereocenters. The molecule has 3 rings (SSSR count). The van der Waals surface area contributed by atoms with Crippen molar-refractivity contribution in [2.75, 3.05) is 40.4 Å². The van der Waals surface area contributed by atoms with Crippen molar-refractivity contribution < 1.29 is 14.3 Å². The number of nitrogens with zero attached hydrogens (tertiary/aromatic N) is 3. The smallest absolute Gasteiger partial charge is 0.248 e. The molecule has 24 heavy (non-hydrogen) atoms. The Morgan fingerprint density at radius 1 is 1.58 bits per heavy atom. The topological polar surface area (TPSA) is 54.9 Å². The predicted molar refractivity (Wildman–Crippen MR) is 93.1 cm³/mol. The molecule has 0 bridgehead atoms. The van der Waals surface area contributed by atoms with E-state index in [4.69, 9.17) is 9.47 Å². The first-order valence-corrected chi connectivity index (χ1v) is 9.42. The number of piperidine rings is 1. The Morgan fingerprint density at radius 3 is 3.12 bits per heavy atom. The van der Waals surface area contributed by atoms with Crippen molar-refractivity contribution >= 4 is 17.2 Å². The molecule has 2 saturated heterocycles. The van der Waals surface area contributed by atoms with E-state index in [-0.39, 0.29) is 24.2 Å². The lowest BCUT2D eigenvalue weighted by molar-refractivity contribution is -0.135. The van der Waals surface area contributed by atoms with Gasteiger partial charge in [-0.05, 0) is 26.3 Å². The van der Waals surface area contributed by atoms with Gasteiger partial charge in [0.15, 0.2) is 0 Å². The number of aromatic nitrogens is 1. The van der Waals surface area contributed by atoms with E-state index >= 15 is 0 Å². The van der Waals surface area contributed by atoms with Gasteiger partial charge in [0.25, 0.3) is 0 Å². The van der Waals surface area contributed by atoms with Crippen molar-refractivity contribution in [1.29, 1.82) is 0 Å². The van der Waals surface area contributed by atoms with Gasteiger partial charge in [-0.2, -0.15) is 0 Å². The summed E-state index contributed by atoms with van der Waals surface area (Å²) in [7, 11) is 3.50. The van der Waals surface area contributed by atoms with Crippen molar-refractivity contribution in [2.24, 2.45) is 0 Å². The van der Waals surface area contributed by atoms with Crippen LogP contribution in [0.1, 0.15) is 29.8 Å². The highest BCUT2D eigenvalue weighted by atomic mass is 32.1. The molecule has 0 aliphatic carbocycles. The Hall–Kier alpha value is -1.02. The van der Waals surface area contributed by atoms with Crippen LogP contribution in [-0.2, 0) is 20.8 Å². The monoisotopic (exact) mass is 353 g/mol. The van der Waals surface area contributed by atoms with E-state index in [1.54, 1.807) is 30.3 Å². The largest absolute Gasteiger partial charge is 0.371 e. The molecule has 134 valence electrons. The molecular weight excluding hydrogens is 326 g/mol. The van der Waals surface area contributed by atoms with Crippen molar-refractivity contribution in [2.45, 2.75) is 44.4 Å². The maximum absolute atomic E-state index is 11.7. The number of likely N-dealkylation sites (N-methyl/N-ethyl adjacent to an activating group) is 1. The Balaban J connectivity index is 1.52. The SMILES string of the molecule is Cc1ncsc1CN1CCC[C@@]2(C[C@@H](OCC(=O)N(C)C)CO2)C1. The summed E-state index contributed by atoms with van der Waals surface area (Å²) in [6.07, 6.45) is 3.12. The molecule has 0 N–H and O–H groups in total. The standard InChI is InChI=1S/C17H27N3O3S/c1-13-15(24-12-18-13)8-20-6-4-5-17(11-20)7-14(9-23-17)22-10-16(21)19(2)3/h12,14H,4-11H2,1-3H3/t14-,17-/m1/s1. The average Bonchev–Trinajstić information content (AvgIpc) is 3.12. The lowest BCUT2D eigenvalue weighted by atomic mass is 9.89. The van der Waals surface area contributed by atoms with Crippen molar-refractivity contribution in [1.82, 2.24) is 14.8 Å². The first-order chi connectivity index (χ1) is 11.5. The van der Waals surface area contributed by atoms with Crippen LogP contribution in [0.5, 0.6) is 0 Å². The fraction of sp³-hybridized carbons (Fsp3) is 0.765. The number of hydrogen-bond donors (Lipinski definition) is 0. The molecule has 0 saturated carbocycles. The van der Waals surface area contributed by atoms with E-state index in [1.807, 2.05) is 5.51 Å². The van der Waals surface area contributed by atoms with E-state index < -0.39 is 0 Å². The second kappa shape index (κ2) is 7.47. The molecule has 0 aromatic carbocycles. The third-order valence-electron chi connectivity index (χ3n) is 4.95. The van der Waals surface area contributed by atoms with Crippen LogP contribution in [0.3, 0.4) is 0 Å². The van der Waals surface area contributed by atoms with Gasteiger partial charge in [-0.25, -0.2) is 4.98 Å². The molecule has 6 nitrogen and oxygen atoms in total. The fourth-order valence-corrected chi connectivity index (χ4v) is 4.34. The molecule has 3 heterocycles. The minimum atomic E-state index is -0.108. The molecular formula is C17H27N3O3S. The molecule has 2 fully saturated rings. The minimum Gasteiger partial charge on any atom is -0.371 e. The summed E-state index contributed by atoms with van der Waals surface area (Å²) in [5.41, 5.74) is 2.94. The van der Waals surface area contributed by atoms with E-state index in [0.717, 1.165) is 44.6 Å². The molecule has 1 aromatic rings. The van der Waals surface area contributed by atoms with Crippen molar-refractivity contribution in [3.05, 3.63) is 16.1 Å². The zero-order chi connectivity index (χ0) is 17.2. The van der Waals surface area contributed by atoms with Crippen LogP contribution in [-0.4, -0.2) is 72.8 Å². The average molecular weight is 353 g/mol. The van der Waals surface area contributed by atoms with Crippen LogP contribution < -0.4 is 0 Å². The Bertz CT molecular complexity index is 577. The summed E-state index contributed by atoms with van der Waals surface area (Å²) in [4.78, 5) is 21.4. The van der Waals surface area contributed by atoms with Crippen molar-refractivity contribution in [3.63, 3.8) is 0 Å². The highest BCUT2D eigenvalue weighted by Crippen LogP contribution is 2.36. The molecule has 0 unspecified atom stereocenters. The minimum absolute atomic E-state index is 0.00175. The number of amides is 1. The van der Waals surface area contributed by atoms with Gasteiger partial charge >= 0.3 is 0 Å². The summed E-state index contributed by atoms with van der Waals surface area (Å²) in [5, 5.41) is 0. The van der Waals surface area contributed by atoms with Gasteiger partial charge in [0.05, 0.1) is 29.5 Å². The second-order valence-corrected chi connectivity index (χ2v) is 8.03. The maximum Gasteiger partial charge on any atom is 0.248 e. The highest BCUT2D eigenvalue weighted by Gasteiger charge is 2.44. The van der Waals surface area contributed by atoms with Crippen LogP contribution in [0.2, 0.25) is 0 Å². The molecule has 1 aromatic heterocycles. The fourth-order valence-electron chi connectivity index (χ4n) is 3.52. The normalized spacial score (nSPS) is 27.7. The molecule has 2 aliphatic heterocycles. The maximum atomic E-state index is 11.7. The third kappa shape index (κ3) is 4.14. The van der Waals surface area contributed by atoms with E-state index in [2.05, 4.69) is 16.8 Å². The number of rotatable bonds is 5. The van der Waals surface area contributed by atoms with Gasteiger partial charge < -0.3 is 14.4 Å². The number of carbonyl (C=O) groups excluding carboxylic acids is 1. The number of likely N-dealkylation sites (tertiary alicyclic amines) is 1. The summed E-state index contributed by atoms with van der Waals surface area (Å²) in [6.45, 7) is 5.80. The number of carbonyl (C=O) groups is 1. The number of aryl methyl sites for hydroxylation is 1. The van der Waals surface area contributed by atoms with Gasteiger partial charge in [-0.3, -0.25) is 9.69 Å². The van der Waals surface area contributed by atoms with Gasteiger partial charge in [0.2, 0.25) is 5.91 Å². The van der Waals surface area contributed by atoms with Crippen LogP contribution in [0.25, 0.3) is 0 Å². The second-order valence-electron chi connectivity index (χ2n) is 7.09. The first-order valence-electron chi connectivity index (χ1n) is 8.54. The van der Waals surface area contributed by atoms with Gasteiger partial charge in [-0.1, -0.05) is 0 Å². The van der Waals surface area contributed by atoms with Crippen LogP contribution in [0.4, 0.5) is 0 Å². The number of ether oxygens (including phenoxy) is 2. The van der Waals surface area contributed by atoms with Crippen LogP contribution >= 0.6 is 11.3 Å². The zero-order valence-corrected chi connectivity index (χ0v) is 15.6. The number of hydrogen-bond acceptors (Lipinski definition) is 6. The van der Waals surface area contributed by atoms with Crippen LogP contribution in [0, 0.1) is 6.92 Å². The van der Waals surface area contributed by atoms with Crippen molar-refractivity contribution in [3.8, 4) is 0 Å². The number of thiazole rings is 1. The molecule has 1 amide bonds. The van der Waals surface area contributed by atoms with E-state index in [1.165, 1.54) is 4.88 Å². The Kier molecular flexibility index (Phi) is 5.54. The Labute approximate surface area is 147 Å². The summed E-state index contributed by atoms with van der Waals surface area (Å²) < 4.78 is 11.9. The molecule has 2 aliphatic rings. The van der Waals surface area contributed by atoms with Crippen LogP contribution in [0.15, 0.2) is 5.51 Å². The lowest BCUT2D eigenvalue weighted by Crippen LogP contribution is -2.47. The first kappa shape index (κ1) is 17.8. The third-order valence-corrected chi connectivity index (χ3v) is 5.87. The van der Waals surface area contributed by atoms with Gasteiger partial charge in [0, 0.05) is 38.5 Å². The van der Waals surface area contributed by atoms with Gasteiger partial charge in [-0.15, -0.1) is 11.3 Å². The lowest BCUT2D eigenvalue weighted by Gasteiger charge is -2.39. The Morgan fingerprint density at radius 2 is 2.42 bits per heavy atom. The highest BCUT2D eigenvalue weighted by molar-refractivity contribution is 7.09. The summed E-state index contributed by atoms with van der Waals surface area (Å²) in [5.74, 6) is 0.00175. The summed E-state index contributed by atoms with van der Waals surface area (Å²) >= 11 is 1.73. The summed E-state index contributed by atoms with van der Waals surface area (Å²) in [6, 6.07) is 0. The molecule has 1 spiro atoms. The molecule has 7 heteroatoms. The molecule has 0 radical (unpaired) electrons. The van der Waals surface area contributed by atoms with Gasteiger partial charge in [0.1, 0.15) is 6.61 Å². The predicted octanol–water partition coefficient (Wildman–Crippen LogP) is 1.68. The quantitative estimate of drug-likeness (QED) is 0.806.